The van der Waals surface area contributed by atoms with Gasteiger partial charge in [0.15, 0.2) is 12.2 Å². The molecule has 1 aromatic heterocycles. The fraction of sp³-hybridized carbons (Fsp3) is 0.100. The third-order valence-electron chi connectivity index (χ3n) is 1.86. The number of hydrogen-bond donors (Lipinski definition) is 0. The molecule has 0 aliphatic rings. The van der Waals surface area contributed by atoms with Gasteiger partial charge in [0.05, 0.1) is 18.9 Å². The molecule has 1 heterocycles. The van der Waals surface area contributed by atoms with E-state index in [0.717, 1.165) is 5.56 Å². The maximum atomic E-state index is 5.87. The van der Waals surface area contributed by atoms with Gasteiger partial charge in [-0.05, 0) is 18.2 Å². The highest BCUT2D eigenvalue weighted by atomic mass is 35.5. The van der Waals surface area contributed by atoms with Crippen LogP contribution in [-0.2, 0) is 0 Å². The molecule has 0 aliphatic carbocycles. The second kappa shape index (κ2) is 3.72. The van der Waals surface area contributed by atoms with Crippen LogP contribution in [0, 0.1) is 0 Å². The third kappa shape index (κ3) is 1.59. The maximum absolute atomic E-state index is 5.87. The summed E-state index contributed by atoms with van der Waals surface area (Å²) in [7, 11) is 1.60. The van der Waals surface area contributed by atoms with Gasteiger partial charge in [0.25, 0.3) is 0 Å². The Kier molecular flexibility index (Phi) is 2.41. The average Bonchev–Trinajstić information content (AvgIpc) is 2.70. The van der Waals surface area contributed by atoms with Crippen molar-refractivity contribution < 1.29 is 9.15 Å². The van der Waals surface area contributed by atoms with Crippen LogP contribution in [0.5, 0.6) is 5.75 Å². The lowest BCUT2D eigenvalue weighted by atomic mass is 10.1. The normalized spacial score (nSPS) is 10.1. The molecule has 3 nitrogen and oxygen atoms in total. The van der Waals surface area contributed by atoms with Gasteiger partial charge >= 0.3 is 0 Å². The minimum atomic E-state index is 0.636. The smallest absolute Gasteiger partial charge is 0.181 e. The number of hydrogen-bond acceptors (Lipinski definition) is 3. The van der Waals surface area contributed by atoms with Gasteiger partial charge in [0.1, 0.15) is 5.75 Å². The van der Waals surface area contributed by atoms with Crippen molar-refractivity contribution >= 4 is 11.6 Å². The number of aromatic nitrogens is 1. The quantitative estimate of drug-likeness (QED) is 0.763. The number of oxazole rings is 1. The van der Waals surface area contributed by atoms with E-state index in [1.165, 1.54) is 6.39 Å². The summed E-state index contributed by atoms with van der Waals surface area (Å²) in [5.41, 5.74) is 0.803. The monoisotopic (exact) mass is 209 g/mol. The van der Waals surface area contributed by atoms with Crippen molar-refractivity contribution in [2.75, 3.05) is 7.11 Å². The first-order chi connectivity index (χ1) is 6.81. The van der Waals surface area contributed by atoms with Gasteiger partial charge in [0.2, 0.25) is 0 Å². The van der Waals surface area contributed by atoms with Crippen LogP contribution in [0.4, 0.5) is 0 Å². The summed E-state index contributed by atoms with van der Waals surface area (Å²) in [4.78, 5) is 3.84. The van der Waals surface area contributed by atoms with E-state index in [1.807, 2.05) is 0 Å². The molecule has 0 N–H and O–H groups in total. The van der Waals surface area contributed by atoms with Gasteiger partial charge in [-0.1, -0.05) is 11.6 Å². The first kappa shape index (κ1) is 9.09. The average molecular weight is 210 g/mol. The first-order valence-electron chi connectivity index (χ1n) is 4.03. The van der Waals surface area contributed by atoms with Gasteiger partial charge < -0.3 is 9.15 Å². The summed E-state index contributed by atoms with van der Waals surface area (Å²) in [5, 5.41) is 0.636. The molecular formula is C10H8ClNO2. The Balaban J connectivity index is 2.55. The van der Waals surface area contributed by atoms with E-state index in [-0.39, 0.29) is 0 Å². The Morgan fingerprint density at radius 2 is 2.29 bits per heavy atom. The molecule has 2 aromatic rings. The third-order valence-corrected chi connectivity index (χ3v) is 2.09. The van der Waals surface area contributed by atoms with Crippen LogP contribution in [-0.4, -0.2) is 12.1 Å². The highest BCUT2D eigenvalue weighted by molar-refractivity contribution is 6.30. The predicted molar refractivity (Wildman–Crippen MR) is 53.5 cm³/mol. The summed E-state index contributed by atoms with van der Waals surface area (Å²) >= 11 is 5.87. The van der Waals surface area contributed by atoms with Crippen molar-refractivity contribution in [1.29, 1.82) is 0 Å². The topological polar surface area (TPSA) is 35.3 Å². The van der Waals surface area contributed by atoms with Crippen LogP contribution >= 0.6 is 11.6 Å². The molecule has 0 fully saturated rings. The van der Waals surface area contributed by atoms with E-state index in [9.17, 15) is 0 Å². The first-order valence-corrected chi connectivity index (χ1v) is 4.41. The number of nitrogens with zero attached hydrogens (tertiary/aromatic N) is 1. The van der Waals surface area contributed by atoms with Gasteiger partial charge in [-0.3, -0.25) is 0 Å². The van der Waals surface area contributed by atoms with Crippen LogP contribution in [0.2, 0.25) is 5.02 Å². The molecular weight excluding hydrogens is 202 g/mol. The minimum Gasteiger partial charge on any atom is -0.496 e. The summed E-state index contributed by atoms with van der Waals surface area (Å²) in [6, 6.07) is 5.33. The molecule has 1 aromatic carbocycles. The van der Waals surface area contributed by atoms with Gasteiger partial charge in [0, 0.05) is 5.02 Å². The van der Waals surface area contributed by atoms with Crippen molar-refractivity contribution in [1.82, 2.24) is 4.98 Å². The lowest BCUT2D eigenvalue weighted by Gasteiger charge is -2.05. The minimum absolute atomic E-state index is 0.636. The second-order valence-corrected chi connectivity index (χ2v) is 3.15. The van der Waals surface area contributed by atoms with Gasteiger partial charge in [-0.25, -0.2) is 4.98 Å². The van der Waals surface area contributed by atoms with Crippen molar-refractivity contribution in [3.63, 3.8) is 0 Å². The summed E-state index contributed by atoms with van der Waals surface area (Å²) in [5.74, 6) is 1.36. The Morgan fingerprint density at radius 1 is 1.43 bits per heavy atom. The molecule has 0 atom stereocenters. The van der Waals surface area contributed by atoms with E-state index in [1.54, 1.807) is 31.5 Å². The SMILES string of the molecule is COc1ccc(Cl)cc1-c1cnco1. The molecule has 0 amide bonds. The fourth-order valence-electron chi connectivity index (χ4n) is 1.22. The van der Waals surface area contributed by atoms with Crippen molar-refractivity contribution in [2.45, 2.75) is 0 Å². The molecule has 2 rings (SSSR count). The zero-order valence-corrected chi connectivity index (χ0v) is 8.28. The molecule has 0 aliphatic heterocycles. The van der Waals surface area contributed by atoms with Gasteiger partial charge in [-0.2, -0.15) is 0 Å². The zero-order chi connectivity index (χ0) is 9.97. The Hall–Kier alpha value is -1.48. The van der Waals surface area contributed by atoms with Crippen LogP contribution in [0.1, 0.15) is 0 Å². The lowest BCUT2D eigenvalue weighted by Crippen LogP contribution is -1.86. The zero-order valence-electron chi connectivity index (χ0n) is 7.53. The van der Waals surface area contributed by atoms with E-state index in [4.69, 9.17) is 20.8 Å². The second-order valence-electron chi connectivity index (χ2n) is 2.71. The van der Waals surface area contributed by atoms with Crippen LogP contribution in [0.25, 0.3) is 11.3 Å². The molecule has 0 saturated heterocycles. The van der Waals surface area contributed by atoms with Crippen molar-refractivity contribution in [2.24, 2.45) is 0 Å². The molecule has 0 spiro atoms. The van der Waals surface area contributed by atoms with E-state index < -0.39 is 0 Å². The standard InChI is InChI=1S/C10H8ClNO2/c1-13-9-3-2-7(11)4-8(9)10-5-12-6-14-10/h2-6H,1H3. The van der Waals surface area contributed by atoms with Crippen LogP contribution in [0.15, 0.2) is 35.2 Å². The van der Waals surface area contributed by atoms with E-state index >= 15 is 0 Å². The molecule has 4 heteroatoms. The van der Waals surface area contributed by atoms with Crippen LogP contribution in [0.3, 0.4) is 0 Å². The molecule has 0 saturated carbocycles. The van der Waals surface area contributed by atoms with Gasteiger partial charge in [-0.15, -0.1) is 0 Å². The Labute approximate surface area is 86.3 Å². The lowest BCUT2D eigenvalue weighted by molar-refractivity contribution is 0.414. The molecule has 0 radical (unpaired) electrons. The molecule has 0 unspecified atom stereocenters. The summed E-state index contributed by atoms with van der Waals surface area (Å²) in [6.07, 6.45) is 2.99. The number of benzene rings is 1. The molecule has 72 valence electrons. The number of ether oxygens (including phenoxy) is 1. The summed E-state index contributed by atoms with van der Waals surface area (Å²) < 4.78 is 10.3. The number of methoxy groups -OCH3 is 1. The van der Waals surface area contributed by atoms with Crippen molar-refractivity contribution in [3.8, 4) is 17.1 Å². The number of halogens is 1. The maximum Gasteiger partial charge on any atom is 0.181 e. The summed E-state index contributed by atoms with van der Waals surface area (Å²) in [6.45, 7) is 0. The predicted octanol–water partition coefficient (Wildman–Crippen LogP) is 3.00. The largest absolute Gasteiger partial charge is 0.496 e. The van der Waals surface area contributed by atoms with E-state index in [0.29, 0.717) is 16.5 Å². The highest BCUT2D eigenvalue weighted by Gasteiger charge is 2.08. The Bertz CT molecular complexity index is 426. The molecule has 0 bridgehead atoms. The number of rotatable bonds is 2. The van der Waals surface area contributed by atoms with Crippen LogP contribution < -0.4 is 4.74 Å². The Morgan fingerprint density at radius 3 is 2.93 bits per heavy atom. The van der Waals surface area contributed by atoms with Crippen molar-refractivity contribution in [3.05, 3.63) is 35.8 Å². The highest BCUT2D eigenvalue weighted by Crippen LogP contribution is 2.31. The molecule has 14 heavy (non-hydrogen) atoms. The fourth-order valence-corrected chi connectivity index (χ4v) is 1.39. The van der Waals surface area contributed by atoms with E-state index in [2.05, 4.69) is 4.98 Å².